The van der Waals surface area contributed by atoms with Gasteiger partial charge in [-0.1, -0.05) is 70.9 Å². The van der Waals surface area contributed by atoms with Crippen molar-refractivity contribution in [2.75, 3.05) is 0 Å². The number of aromatic nitrogens is 3. The third kappa shape index (κ3) is 4.13. The zero-order valence-electron chi connectivity index (χ0n) is 15.8. The Morgan fingerprint density at radius 1 is 0.786 bits per heavy atom. The molecule has 3 nitrogen and oxygen atoms in total. The van der Waals surface area contributed by atoms with Gasteiger partial charge in [0.25, 0.3) is 0 Å². The van der Waals surface area contributed by atoms with Crippen LogP contribution in [0.5, 0.6) is 0 Å². The second kappa shape index (κ2) is 8.21. The van der Waals surface area contributed by atoms with E-state index in [1.54, 1.807) is 11.8 Å². The molecular weight excluding hydrogens is 386 g/mol. The molecule has 0 N–H and O–H groups in total. The van der Waals surface area contributed by atoms with Gasteiger partial charge >= 0.3 is 0 Å². The second-order valence-electron chi connectivity index (χ2n) is 6.76. The van der Waals surface area contributed by atoms with Crippen LogP contribution in [0.2, 0.25) is 5.02 Å². The normalized spacial score (nSPS) is 11.0. The molecule has 0 aliphatic carbocycles. The van der Waals surface area contributed by atoms with Crippen LogP contribution in [0.15, 0.2) is 78.0 Å². The van der Waals surface area contributed by atoms with Crippen LogP contribution in [0.4, 0.5) is 0 Å². The molecule has 28 heavy (non-hydrogen) atoms. The molecule has 5 heteroatoms. The highest BCUT2D eigenvalue weighted by molar-refractivity contribution is 7.98. The van der Waals surface area contributed by atoms with E-state index in [2.05, 4.69) is 77.1 Å². The van der Waals surface area contributed by atoms with Crippen molar-refractivity contribution in [2.45, 2.75) is 24.8 Å². The summed E-state index contributed by atoms with van der Waals surface area (Å²) in [5.74, 6) is 1.65. The molecule has 0 spiro atoms. The molecule has 3 aromatic carbocycles. The lowest BCUT2D eigenvalue weighted by Crippen LogP contribution is -2.00. The Morgan fingerprint density at radius 2 is 1.39 bits per heavy atom. The molecular formula is C23H20ClN3S. The molecule has 0 saturated heterocycles. The molecule has 0 unspecified atom stereocenters. The molecule has 0 fully saturated rings. The summed E-state index contributed by atoms with van der Waals surface area (Å²) < 4.78 is 2.11. The second-order valence-corrected chi connectivity index (χ2v) is 8.14. The summed E-state index contributed by atoms with van der Waals surface area (Å²) in [5, 5.41) is 10.6. The lowest BCUT2D eigenvalue weighted by Gasteiger charge is -2.11. The Kier molecular flexibility index (Phi) is 5.51. The summed E-state index contributed by atoms with van der Waals surface area (Å²) in [6, 6.07) is 24.7. The number of hydrogen-bond acceptors (Lipinski definition) is 3. The highest BCUT2D eigenvalue weighted by Crippen LogP contribution is 2.30. The maximum atomic E-state index is 6.06. The van der Waals surface area contributed by atoms with Crippen LogP contribution >= 0.6 is 23.4 Å². The van der Waals surface area contributed by atoms with Crippen molar-refractivity contribution in [3.8, 4) is 17.1 Å². The van der Waals surface area contributed by atoms with E-state index in [-0.39, 0.29) is 0 Å². The smallest absolute Gasteiger partial charge is 0.196 e. The SMILES string of the molecule is Cc1ccc(CSc2nnc(-c3ccc(Cl)cc3)n2-c2ccc(C)cc2)cc1. The van der Waals surface area contributed by atoms with Crippen molar-refractivity contribution in [1.82, 2.24) is 14.8 Å². The van der Waals surface area contributed by atoms with Crippen molar-refractivity contribution in [1.29, 1.82) is 0 Å². The fourth-order valence-electron chi connectivity index (χ4n) is 2.91. The number of thioether (sulfide) groups is 1. The monoisotopic (exact) mass is 405 g/mol. The van der Waals surface area contributed by atoms with Gasteiger partial charge in [0.2, 0.25) is 0 Å². The van der Waals surface area contributed by atoms with Crippen LogP contribution in [-0.4, -0.2) is 14.8 Å². The van der Waals surface area contributed by atoms with E-state index in [4.69, 9.17) is 11.6 Å². The Morgan fingerprint density at radius 3 is 2.04 bits per heavy atom. The highest BCUT2D eigenvalue weighted by atomic mass is 35.5. The lowest BCUT2D eigenvalue weighted by molar-refractivity contribution is 0.885. The summed E-state index contributed by atoms with van der Waals surface area (Å²) in [5.41, 5.74) is 5.79. The van der Waals surface area contributed by atoms with Gasteiger partial charge in [-0.05, 0) is 55.8 Å². The Balaban J connectivity index is 1.72. The average molecular weight is 406 g/mol. The van der Waals surface area contributed by atoms with Gasteiger partial charge in [-0.2, -0.15) is 0 Å². The fourth-order valence-corrected chi connectivity index (χ4v) is 3.94. The summed E-state index contributed by atoms with van der Waals surface area (Å²) in [6.45, 7) is 4.19. The van der Waals surface area contributed by atoms with Crippen LogP contribution in [0, 0.1) is 13.8 Å². The molecule has 1 heterocycles. The third-order valence-electron chi connectivity index (χ3n) is 4.52. The fraction of sp³-hybridized carbons (Fsp3) is 0.130. The maximum Gasteiger partial charge on any atom is 0.196 e. The van der Waals surface area contributed by atoms with E-state index in [0.29, 0.717) is 5.02 Å². The molecule has 4 aromatic rings. The largest absolute Gasteiger partial charge is 0.270 e. The molecule has 0 bridgehead atoms. The third-order valence-corrected chi connectivity index (χ3v) is 5.77. The van der Waals surface area contributed by atoms with Gasteiger partial charge in [-0.25, -0.2) is 0 Å². The van der Waals surface area contributed by atoms with Gasteiger partial charge in [0, 0.05) is 22.0 Å². The van der Waals surface area contributed by atoms with Gasteiger partial charge in [0.15, 0.2) is 11.0 Å². The number of nitrogens with zero attached hydrogens (tertiary/aromatic N) is 3. The number of benzene rings is 3. The predicted octanol–water partition coefficient (Wildman–Crippen LogP) is 6.50. The molecule has 1 aromatic heterocycles. The van der Waals surface area contributed by atoms with Crippen molar-refractivity contribution >= 4 is 23.4 Å². The van der Waals surface area contributed by atoms with Gasteiger partial charge in [0.05, 0.1) is 0 Å². The Labute approximate surface area is 174 Å². The van der Waals surface area contributed by atoms with E-state index < -0.39 is 0 Å². The van der Waals surface area contributed by atoms with Crippen LogP contribution in [0.1, 0.15) is 16.7 Å². The molecule has 0 radical (unpaired) electrons. The minimum atomic E-state index is 0.708. The van der Waals surface area contributed by atoms with E-state index in [1.807, 2.05) is 24.3 Å². The van der Waals surface area contributed by atoms with Gasteiger partial charge in [0.1, 0.15) is 0 Å². The highest BCUT2D eigenvalue weighted by Gasteiger charge is 2.16. The first kappa shape index (κ1) is 18.8. The number of aryl methyl sites for hydroxylation is 2. The standard InChI is InChI=1S/C23H20ClN3S/c1-16-3-7-18(8-4-16)15-28-23-26-25-22(19-9-11-20(24)12-10-19)27(23)21-13-5-17(2)6-14-21/h3-14H,15H2,1-2H3. The molecule has 0 saturated carbocycles. The van der Waals surface area contributed by atoms with Crippen molar-refractivity contribution in [3.05, 3.63) is 94.5 Å². The van der Waals surface area contributed by atoms with Crippen LogP contribution in [0.3, 0.4) is 0 Å². The minimum absolute atomic E-state index is 0.708. The van der Waals surface area contributed by atoms with Gasteiger partial charge in [-0.15, -0.1) is 10.2 Å². The molecule has 0 atom stereocenters. The van der Waals surface area contributed by atoms with E-state index in [0.717, 1.165) is 28.0 Å². The zero-order valence-corrected chi connectivity index (χ0v) is 17.3. The van der Waals surface area contributed by atoms with E-state index in [9.17, 15) is 0 Å². The molecule has 0 amide bonds. The minimum Gasteiger partial charge on any atom is -0.270 e. The first-order chi connectivity index (χ1) is 13.6. The quantitative estimate of drug-likeness (QED) is 0.355. The van der Waals surface area contributed by atoms with Gasteiger partial charge < -0.3 is 0 Å². The van der Waals surface area contributed by atoms with E-state index >= 15 is 0 Å². The lowest BCUT2D eigenvalue weighted by atomic mass is 10.2. The zero-order chi connectivity index (χ0) is 19.5. The van der Waals surface area contributed by atoms with Crippen LogP contribution < -0.4 is 0 Å². The van der Waals surface area contributed by atoms with E-state index in [1.165, 1.54) is 16.7 Å². The number of rotatable bonds is 5. The first-order valence-corrected chi connectivity index (χ1v) is 10.4. The summed E-state index contributed by atoms with van der Waals surface area (Å²) >= 11 is 7.75. The van der Waals surface area contributed by atoms with Crippen molar-refractivity contribution in [3.63, 3.8) is 0 Å². The topological polar surface area (TPSA) is 30.7 Å². The maximum absolute atomic E-state index is 6.06. The number of hydrogen-bond donors (Lipinski definition) is 0. The van der Waals surface area contributed by atoms with Gasteiger partial charge in [-0.3, -0.25) is 4.57 Å². The van der Waals surface area contributed by atoms with Crippen molar-refractivity contribution < 1.29 is 0 Å². The summed E-state index contributed by atoms with van der Waals surface area (Å²) in [7, 11) is 0. The molecule has 0 aliphatic heterocycles. The first-order valence-electron chi connectivity index (χ1n) is 9.07. The molecule has 4 rings (SSSR count). The summed E-state index contributed by atoms with van der Waals surface area (Å²) in [6.07, 6.45) is 0. The number of halogens is 1. The Hall–Kier alpha value is -2.56. The molecule has 0 aliphatic rings. The van der Waals surface area contributed by atoms with Crippen LogP contribution in [-0.2, 0) is 5.75 Å². The predicted molar refractivity (Wildman–Crippen MR) is 117 cm³/mol. The molecule has 140 valence electrons. The average Bonchev–Trinajstić information content (AvgIpc) is 3.13. The summed E-state index contributed by atoms with van der Waals surface area (Å²) in [4.78, 5) is 0. The Bertz CT molecular complexity index is 1070. The van der Waals surface area contributed by atoms with Crippen LogP contribution in [0.25, 0.3) is 17.1 Å². The van der Waals surface area contributed by atoms with Crippen molar-refractivity contribution in [2.24, 2.45) is 0 Å².